The summed E-state index contributed by atoms with van der Waals surface area (Å²) < 4.78 is 1.70. The molecular weight excluding hydrogens is 206 g/mol. The molecule has 0 aliphatic heterocycles. The number of carboxylic acid groups (broad SMARTS) is 1. The first-order valence-corrected chi connectivity index (χ1v) is 5.52. The van der Waals surface area contributed by atoms with E-state index < -0.39 is 5.97 Å². The average Bonchev–Trinajstić information content (AvgIpc) is 2.64. The van der Waals surface area contributed by atoms with Crippen LogP contribution in [0.5, 0.6) is 0 Å². The Balaban J connectivity index is 2.90. The Morgan fingerprint density at radius 2 is 2.19 bits per heavy atom. The van der Waals surface area contributed by atoms with Crippen LogP contribution in [0.25, 0.3) is 0 Å². The van der Waals surface area contributed by atoms with E-state index in [-0.39, 0.29) is 12.5 Å². The summed E-state index contributed by atoms with van der Waals surface area (Å²) in [6.07, 6.45) is 3.74. The lowest BCUT2D eigenvalue weighted by Gasteiger charge is -2.27. The highest BCUT2D eigenvalue weighted by Gasteiger charge is 2.22. The molecule has 0 spiro atoms. The standard InChI is InChI=1S/C11H19N3O2/c1-4-14(5-2)10(6-11(15)16)9-7-12-13(3)8-9/h7-8,10H,4-6H2,1-3H3,(H,15,16). The van der Waals surface area contributed by atoms with Gasteiger partial charge in [0.25, 0.3) is 0 Å². The molecule has 1 aromatic rings. The number of hydrogen-bond acceptors (Lipinski definition) is 3. The highest BCUT2D eigenvalue weighted by atomic mass is 16.4. The topological polar surface area (TPSA) is 58.4 Å². The second-order valence-corrected chi connectivity index (χ2v) is 3.78. The van der Waals surface area contributed by atoms with E-state index in [4.69, 9.17) is 5.11 Å². The van der Waals surface area contributed by atoms with Crippen LogP contribution < -0.4 is 0 Å². The highest BCUT2D eigenvalue weighted by molar-refractivity contribution is 5.67. The van der Waals surface area contributed by atoms with Crippen LogP contribution in [0.15, 0.2) is 12.4 Å². The van der Waals surface area contributed by atoms with Crippen molar-refractivity contribution >= 4 is 5.97 Å². The number of carboxylic acids is 1. The smallest absolute Gasteiger partial charge is 0.305 e. The van der Waals surface area contributed by atoms with Gasteiger partial charge in [-0.25, -0.2) is 0 Å². The van der Waals surface area contributed by atoms with Gasteiger partial charge in [0, 0.05) is 24.8 Å². The molecule has 0 radical (unpaired) electrons. The van der Waals surface area contributed by atoms with Gasteiger partial charge in [0.05, 0.1) is 12.6 Å². The molecular formula is C11H19N3O2. The zero-order valence-electron chi connectivity index (χ0n) is 10.1. The maximum atomic E-state index is 10.9. The summed E-state index contributed by atoms with van der Waals surface area (Å²) in [5.41, 5.74) is 0.966. The van der Waals surface area contributed by atoms with Gasteiger partial charge in [0.15, 0.2) is 0 Å². The van der Waals surface area contributed by atoms with E-state index in [0.29, 0.717) is 0 Å². The highest BCUT2D eigenvalue weighted by Crippen LogP contribution is 2.23. The number of aromatic nitrogens is 2. The van der Waals surface area contributed by atoms with Crippen molar-refractivity contribution in [2.75, 3.05) is 13.1 Å². The van der Waals surface area contributed by atoms with E-state index in [0.717, 1.165) is 18.7 Å². The van der Waals surface area contributed by atoms with Crippen molar-refractivity contribution in [3.63, 3.8) is 0 Å². The van der Waals surface area contributed by atoms with E-state index in [1.807, 2.05) is 27.1 Å². The third kappa shape index (κ3) is 3.06. The minimum Gasteiger partial charge on any atom is -0.481 e. The van der Waals surface area contributed by atoms with Gasteiger partial charge < -0.3 is 5.11 Å². The predicted octanol–water partition coefficient (Wildman–Crippen LogP) is 1.28. The van der Waals surface area contributed by atoms with Crippen LogP contribution in [0.3, 0.4) is 0 Å². The molecule has 0 amide bonds. The van der Waals surface area contributed by atoms with Crippen LogP contribution in [0.1, 0.15) is 31.9 Å². The van der Waals surface area contributed by atoms with E-state index >= 15 is 0 Å². The molecule has 0 fully saturated rings. The number of hydrogen-bond donors (Lipinski definition) is 1. The van der Waals surface area contributed by atoms with Crippen LogP contribution in [0.4, 0.5) is 0 Å². The zero-order valence-corrected chi connectivity index (χ0v) is 10.1. The normalized spacial score (nSPS) is 13.0. The molecule has 1 aromatic heterocycles. The molecule has 90 valence electrons. The molecule has 0 aliphatic rings. The van der Waals surface area contributed by atoms with Crippen LogP contribution in [-0.4, -0.2) is 38.8 Å². The first kappa shape index (κ1) is 12.7. The molecule has 1 atom stereocenters. The Labute approximate surface area is 95.7 Å². The SMILES string of the molecule is CCN(CC)C(CC(=O)O)c1cnn(C)c1. The summed E-state index contributed by atoms with van der Waals surface area (Å²) in [6.45, 7) is 5.75. The van der Waals surface area contributed by atoms with E-state index in [2.05, 4.69) is 10.00 Å². The van der Waals surface area contributed by atoms with Crippen LogP contribution in [0.2, 0.25) is 0 Å². The fraction of sp³-hybridized carbons (Fsp3) is 0.636. The number of aliphatic carboxylic acids is 1. The molecule has 16 heavy (non-hydrogen) atoms. The van der Waals surface area contributed by atoms with E-state index in [9.17, 15) is 4.79 Å². The third-order valence-corrected chi connectivity index (χ3v) is 2.73. The largest absolute Gasteiger partial charge is 0.481 e. The van der Waals surface area contributed by atoms with Crippen molar-refractivity contribution in [2.24, 2.45) is 7.05 Å². The Bertz CT molecular complexity index is 345. The van der Waals surface area contributed by atoms with Crippen LogP contribution in [0, 0.1) is 0 Å². The number of carbonyl (C=O) groups is 1. The Morgan fingerprint density at radius 3 is 2.56 bits per heavy atom. The summed E-state index contributed by atoms with van der Waals surface area (Å²) in [5, 5.41) is 13.0. The minimum absolute atomic E-state index is 0.0822. The van der Waals surface area contributed by atoms with Crippen LogP contribution >= 0.6 is 0 Å². The molecule has 0 bridgehead atoms. The summed E-state index contributed by atoms with van der Waals surface area (Å²) in [4.78, 5) is 13.0. The van der Waals surface area contributed by atoms with Gasteiger partial charge >= 0.3 is 5.97 Å². The lowest BCUT2D eigenvalue weighted by molar-refractivity contribution is -0.138. The number of aryl methyl sites for hydroxylation is 1. The summed E-state index contributed by atoms with van der Waals surface area (Å²) >= 11 is 0. The van der Waals surface area contributed by atoms with Gasteiger partial charge in [-0.2, -0.15) is 5.10 Å². The number of nitrogens with zero attached hydrogens (tertiary/aromatic N) is 3. The molecule has 5 heteroatoms. The second kappa shape index (κ2) is 5.65. The summed E-state index contributed by atoms with van der Waals surface area (Å²) in [5.74, 6) is -0.777. The van der Waals surface area contributed by atoms with Crippen molar-refractivity contribution in [3.8, 4) is 0 Å². The van der Waals surface area contributed by atoms with Gasteiger partial charge in [-0.15, -0.1) is 0 Å². The van der Waals surface area contributed by atoms with E-state index in [1.165, 1.54) is 0 Å². The molecule has 0 aromatic carbocycles. The molecule has 1 unspecified atom stereocenters. The van der Waals surface area contributed by atoms with Gasteiger partial charge in [-0.3, -0.25) is 14.4 Å². The van der Waals surface area contributed by atoms with Crippen molar-refractivity contribution in [1.29, 1.82) is 0 Å². The monoisotopic (exact) mass is 225 g/mol. The second-order valence-electron chi connectivity index (χ2n) is 3.78. The predicted molar refractivity (Wildman–Crippen MR) is 61.1 cm³/mol. The number of rotatable bonds is 6. The third-order valence-electron chi connectivity index (χ3n) is 2.73. The molecule has 0 aliphatic carbocycles. The maximum absolute atomic E-state index is 10.9. The summed E-state index contributed by atoms with van der Waals surface area (Å²) in [7, 11) is 1.84. The van der Waals surface area contributed by atoms with Gasteiger partial charge in [0.1, 0.15) is 0 Å². The van der Waals surface area contributed by atoms with Crippen molar-refractivity contribution < 1.29 is 9.90 Å². The summed E-state index contributed by atoms with van der Waals surface area (Å²) in [6, 6.07) is -0.0822. The fourth-order valence-electron chi connectivity index (χ4n) is 1.90. The van der Waals surface area contributed by atoms with Crippen molar-refractivity contribution in [1.82, 2.24) is 14.7 Å². The molecule has 5 nitrogen and oxygen atoms in total. The van der Waals surface area contributed by atoms with Crippen molar-refractivity contribution in [3.05, 3.63) is 18.0 Å². The Morgan fingerprint density at radius 1 is 1.56 bits per heavy atom. The van der Waals surface area contributed by atoms with E-state index in [1.54, 1.807) is 10.9 Å². The quantitative estimate of drug-likeness (QED) is 0.792. The first-order chi connectivity index (χ1) is 7.58. The molecule has 1 N–H and O–H groups in total. The average molecular weight is 225 g/mol. The van der Waals surface area contributed by atoms with Gasteiger partial charge in [-0.05, 0) is 13.1 Å². The van der Waals surface area contributed by atoms with Crippen LogP contribution in [-0.2, 0) is 11.8 Å². The lowest BCUT2D eigenvalue weighted by Crippen LogP contribution is -2.30. The van der Waals surface area contributed by atoms with Gasteiger partial charge in [0.2, 0.25) is 0 Å². The first-order valence-electron chi connectivity index (χ1n) is 5.52. The minimum atomic E-state index is -0.777. The Kier molecular flexibility index (Phi) is 4.49. The zero-order chi connectivity index (χ0) is 12.1. The molecule has 0 saturated carbocycles. The molecule has 1 rings (SSSR count). The fourth-order valence-corrected chi connectivity index (χ4v) is 1.90. The molecule has 1 heterocycles. The van der Waals surface area contributed by atoms with Gasteiger partial charge in [-0.1, -0.05) is 13.8 Å². The van der Waals surface area contributed by atoms with Crippen molar-refractivity contribution in [2.45, 2.75) is 26.3 Å². The Hall–Kier alpha value is -1.36. The lowest BCUT2D eigenvalue weighted by atomic mass is 10.1. The molecule has 0 saturated heterocycles. The maximum Gasteiger partial charge on any atom is 0.305 e.